The second kappa shape index (κ2) is 8.54. The topological polar surface area (TPSA) is 100 Å². The summed E-state index contributed by atoms with van der Waals surface area (Å²) in [5.41, 5.74) is 2.82. The number of anilines is 1. The van der Waals surface area contributed by atoms with Crippen LogP contribution >= 0.6 is 0 Å². The van der Waals surface area contributed by atoms with Gasteiger partial charge in [0.1, 0.15) is 23.6 Å². The molecule has 164 valence electrons. The van der Waals surface area contributed by atoms with Crippen molar-refractivity contribution in [2.75, 3.05) is 19.5 Å². The van der Waals surface area contributed by atoms with Crippen molar-refractivity contribution in [1.82, 2.24) is 19.6 Å². The van der Waals surface area contributed by atoms with E-state index in [1.807, 2.05) is 31.2 Å². The average Bonchev–Trinajstić information content (AvgIpc) is 3.23. The van der Waals surface area contributed by atoms with Crippen molar-refractivity contribution >= 4 is 22.5 Å². The van der Waals surface area contributed by atoms with E-state index in [4.69, 9.17) is 9.47 Å². The first kappa shape index (κ1) is 21.1. The zero-order valence-electron chi connectivity index (χ0n) is 18.2. The monoisotopic (exact) mass is 433 g/mol. The highest BCUT2D eigenvalue weighted by atomic mass is 16.5. The fourth-order valence-corrected chi connectivity index (χ4v) is 3.54. The number of nitrogens with zero attached hydrogens (tertiary/aromatic N) is 4. The summed E-state index contributed by atoms with van der Waals surface area (Å²) in [5.74, 6) is 0.634. The van der Waals surface area contributed by atoms with Crippen LogP contribution in [0.1, 0.15) is 11.3 Å². The molecule has 2 aromatic carbocycles. The smallest absolute Gasteiger partial charge is 0.293 e. The Morgan fingerprint density at radius 1 is 1.09 bits per heavy atom. The van der Waals surface area contributed by atoms with Crippen LogP contribution in [0.4, 0.5) is 5.69 Å². The number of rotatable bonds is 6. The fourth-order valence-electron chi connectivity index (χ4n) is 3.54. The first-order valence-electron chi connectivity index (χ1n) is 9.96. The highest BCUT2D eigenvalue weighted by molar-refractivity contribution is 5.92. The maximum atomic E-state index is 13.3. The van der Waals surface area contributed by atoms with Crippen molar-refractivity contribution in [3.63, 3.8) is 0 Å². The molecule has 1 N–H and O–H groups in total. The van der Waals surface area contributed by atoms with Gasteiger partial charge in [0.05, 0.1) is 37.5 Å². The second-order valence-corrected chi connectivity index (χ2v) is 7.27. The number of benzene rings is 2. The van der Waals surface area contributed by atoms with Crippen molar-refractivity contribution in [3.8, 4) is 17.2 Å². The SMILES string of the molecule is COc1ccc(NC(=O)Cn2nc(C)c3cnn(-c4ccccc4C)c3c2=O)c(OC)c1. The summed E-state index contributed by atoms with van der Waals surface area (Å²) in [4.78, 5) is 26.0. The minimum atomic E-state index is -0.413. The molecule has 2 heterocycles. The molecule has 0 spiro atoms. The second-order valence-electron chi connectivity index (χ2n) is 7.27. The molecule has 4 aromatic rings. The number of methoxy groups -OCH3 is 2. The maximum absolute atomic E-state index is 13.3. The minimum absolute atomic E-state index is 0.260. The van der Waals surface area contributed by atoms with Crippen LogP contribution in [0, 0.1) is 13.8 Å². The van der Waals surface area contributed by atoms with E-state index in [-0.39, 0.29) is 6.54 Å². The molecule has 1 amide bonds. The third kappa shape index (κ3) is 3.80. The zero-order valence-corrected chi connectivity index (χ0v) is 18.2. The first-order valence-corrected chi connectivity index (χ1v) is 9.96. The van der Waals surface area contributed by atoms with E-state index in [2.05, 4.69) is 15.5 Å². The summed E-state index contributed by atoms with van der Waals surface area (Å²) in [6, 6.07) is 12.7. The third-order valence-corrected chi connectivity index (χ3v) is 5.19. The molecule has 0 radical (unpaired) electrons. The van der Waals surface area contributed by atoms with Gasteiger partial charge in [-0.3, -0.25) is 9.59 Å². The fraction of sp³-hybridized carbons (Fsp3) is 0.217. The van der Waals surface area contributed by atoms with Crippen LogP contribution in [0.15, 0.2) is 53.5 Å². The molecule has 9 nitrogen and oxygen atoms in total. The Bertz CT molecular complexity index is 1370. The van der Waals surface area contributed by atoms with E-state index in [1.54, 1.807) is 43.1 Å². The van der Waals surface area contributed by atoms with E-state index >= 15 is 0 Å². The zero-order chi connectivity index (χ0) is 22.8. The molecule has 32 heavy (non-hydrogen) atoms. The lowest BCUT2D eigenvalue weighted by molar-refractivity contribution is -0.117. The van der Waals surface area contributed by atoms with Gasteiger partial charge in [-0.05, 0) is 37.6 Å². The Morgan fingerprint density at radius 2 is 1.88 bits per heavy atom. The predicted molar refractivity (Wildman–Crippen MR) is 121 cm³/mol. The molecular weight excluding hydrogens is 410 g/mol. The van der Waals surface area contributed by atoms with Gasteiger partial charge >= 0.3 is 0 Å². The van der Waals surface area contributed by atoms with Gasteiger partial charge in [0.25, 0.3) is 5.56 Å². The average molecular weight is 433 g/mol. The van der Waals surface area contributed by atoms with Gasteiger partial charge in [-0.25, -0.2) is 9.36 Å². The molecule has 0 unspecified atom stereocenters. The van der Waals surface area contributed by atoms with E-state index in [9.17, 15) is 9.59 Å². The van der Waals surface area contributed by atoms with E-state index in [0.29, 0.717) is 33.8 Å². The normalized spacial score (nSPS) is 10.9. The number of fused-ring (bicyclic) bond motifs is 1. The molecule has 0 saturated heterocycles. The van der Waals surface area contributed by atoms with Crippen molar-refractivity contribution in [2.24, 2.45) is 0 Å². The molecule has 2 aromatic heterocycles. The Hall–Kier alpha value is -4.14. The quantitative estimate of drug-likeness (QED) is 0.502. The van der Waals surface area contributed by atoms with Crippen molar-refractivity contribution in [2.45, 2.75) is 20.4 Å². The van der Waals surface area contributed by atoms with Crippen LogP contribution in [-0.2, 0) is 11.3 Å². The summed E-state index contributed by atoms with van der Waals surface area (Å²) < 4.78 is 13.2. The van der Waals surface area contributed by atoms with Crippen LogP contribution < -0.4 is 20.3 Å². The standard InChI is InChI=1S/C23H23N5O4/c1-14-7-5-6-8-19(14)28-22-17(12-24-28)15(2)26-27(23(22)30)13-21(29)25-18-10-9-16(31-3)11-20(18)32-4/h5-12H,13H2,1-4H3,(H,25,29). The number of nitrogens with one attached hydrogen (secondary N) is 1. The molecule has 9 heteroatoms. The van der Waals surface area contributed by atoms with Gasteiger partial charge in [0.15, 0.2) is 0 Å². The number of aryl methyl sites for hydroxylation is 2. The van der Waals surface area contributed by atoms with Crippen molar-refractivity contribution in [1.29, 1.82) is 0 Å². The molecule has 0 aliphatic carbocycles. The summed E-state index contributed by atoms with van der Waals surface area (Å²) in [6.07, 6.45) is 1.62. The van der Waals surface area contributed by atoms with Gasteiger partial charge in [0, 0.05) is 11.5 Å². The molecule has 0 atom stereocenters. The number of aromatic nitrogens is 4. The molecular formula is C23H23N5O4. The van der Waals surface area contributed by atoms with Crippen molar-refractivity contribution < 1.29 is 14.3 Å². The highest BCUT2D eigenvalue weighted by Crippen LogP contribution is 2.29. The Balaban J connectivity index is 1.69. The van der Waals surface area contributed by atoms with Crippen LogP contribution in [0.5, 0.6) is 11.5 Å². The van der Waals surface area contributed by atoms with Crippen LogP contribution in [0.2, 0.25) is 0 Å². The van der Waals surface area contributed by atoms with Crippen LogP contribution in [0.25, 0.3) is 16.6 Å². The maximum Gasteiger partial charge on any atom is 0.293 e. The minimum Gasteiger partial charge on any atom is -0.497 e. The lowest BCUT2D eigenvalue weighted by atomic mass is 10.2. The summed E-state index contributed by atoms with van der Waals surface area (Å²) in [6.45, 7) is 3.47. The Kier molecular flexibility index (Phi) is 5.63. The third-order valence-electron chi connectivity index (χ3n) is 5.19. The molecule has 0 fully saturated rings. The number of carbonyl (C=O) groups is 1. The van der Waals surface area contributed by atoms with E-state index in [1.165, 1.54) is 7.11 Å². The number of ether oxygens (including phenoxy) is 2. The number of hydrogen-bond donors (Lipinski definition) is 1. The van der Waals surface area contributed by atoms with E-state index < -0.39 is 11.5 Å². The summed E-state index contributed by atoms with van der Waals surface area (Å²) in [7, 11) is 3.05. The lowest BCUT2D eigenvalue weighted by Crippen LogP contribution is -2.31. The van der Waals surface area contributed by atoms with Gasteiger partial charge < -0.3 is 14.8 Å². The van der Waals surface area contributed by atoms with Gasteiger partial charge in [-0.2, -0.15) is 10.2 Å². The predicted octanol–water partition coefficient (Wildman–Crippen LogP) is 2.85. The number of carbonyl (C=O) groups excluding carboxylic acids is 1. The van der Waals surface area contributed by atoms with Gasteiger partial charge in [-0.1, -0.05) is 18.2 Å². The Morgan fingerprint density at radius 3 is 2.59 bits per heavy atom. The van der Waals surface area contributed by atoms with Crippen LogP contribution in [-0.4, -0.2) is 39.7 Å². The molecule has 0 aliphatic heterocycles. The molecule has 0 aliphatic rings. The number of amides is 1. The van der Waals surface area contributed by atoms with Gasteiger partial charge in [-0.15, -0.1) is 0 Å². The largest absolute Gasteiger partial charge is 0.497 e. The van der Waals surface area contributed by atoms with E-state index in [0.717, 1.165) is 15.9 Å². The Labute approximate surface area is 184 Å². The first-order chi connectivity index (χ1) is 15.4. The highest BCUT2D eigenvalue weighted by Gasteiger charge is 2.18. The lowest BCUT2D eigenvalue weighted by Gasteiger charge is -2.13. The summed E-state index contributed by atoms with van der Waals surface area (Å²) >= 11 is 0. The summed E-state index contributed by atoms with van der Waals surface area (Å²) in [5, 5.41) is 12.1. The van der Waals surface area contributed by atoms with Gasteiger partial charge in [0.2, 0.25) is 5.91 Å². The molecule has 4 rings (SSSR count). The molecule has 0 bridgehead atoms. The molecule has 0 saturated carbocycles. The number of para-hydroxylation sites is 1. The van der Waals surface area contributed by atoms with Crippen molar-refractivity contribution in [3.05, 3.63) is 70.3 Å². The van der Waals surface area contributed by atoms with Crippen LogP contribution in [0.3, 0.4) is 0 Å². The number of hydrogen-bond acceptors (Lipinski definition) is 6.